The van der Waals surface area contributed by atoms with Crippen molar-refractivity contribution in [2.45, 2.75) is 65.5 Å². The van der Waals surface area contributed by atoms with Crippen LogP contribution in [0.25, 0.3) is 0 Å². The van der Waals surface area contributed by atoms with E-state index in [0.717, 1.165) is 69.1 Å². The Balaban J connectivity index is 1.78. The summed E-state index contributed by atoms with van der Waals surface area (Å²) >= 11 is 0. The van der Waals surface area contributed by atoms with Gasteiger partial charge in [-0.15, -0.1) is 0 Å². The SMILES string of the molecule is CCn1cc(C(CC)(CC)c2ccc(OCC(C)O)c(C)c2)cc1C(=O)NCCN1CCN(C)CC1. The zero-order chi connectivity index (χ0) is 26.3. The van der Waals surface area contributed by atoms with Gasteiger partial charge in [0.2, 0.25) is 0 Å². The fourth-order valence-electron chi connectivity index (χ4n) is 5.27. The number of hydrogen-bond acceptors (Lipinski definition) is 5. The molecule has 1 aliphatic rings. The van der Waals surface area contributed by atoms with E-state index in [9.17, 15) is 9.90 Å². The van der Waals surface area contributed by atoms with Gasteiger partial charge in [-0.25, -0.2) is 0 Å². The first-order valence-corrected chi connectivity index (χ1v) is 13.6. The summed E-state index contributed by atoms with van der Waals surface area (Å²) in [5.41, 5.74) is 3.99. The fraction of sp³-hybridized carbons (Fsp3) is 0.621. The van der Waals surface area contributed by atoms with E-state index in [1.54, 1.807) is 6.92 Å². The molecular formula is C29H46N4O3. The number of piperazine rings is 1. The third-order valence-corrected chi connectivity index (χ3v) is 7.75. The first kappa shape index (κ1) is 28.2. The number of rotatable bonds is 12. The lowest BCUT2D eigenvalue weighted by atomic mass is 9.71. The van der Waals surface area contributed by atoms with E-state index in [0.29, 0.717) is 6.54 Å². The van der Waals surface area contributed by atoms with Gasteiger partial charge in [0.15, 0.2) is 0 Å². The monoisotopic (exact) mass is 498 g/mol. The van der Waals surface area contributed by atoms with E-state index in [2.05, 4.69) is 71.9 Å². The maximum Gasteiger partial charge on any atom is 0.267 e. The number of ether oxygens (including phenoxy) is 1. The Bertz CT molecular complexity index is 988. The third-order valence-electron chi connectivity index (χ3n) is 7.75. The Morgan fingerprint density at radius 3 is 2.39 bits per heavy atom. The Kier molecular flexibility index (Phi) is 10.00. The number of aliphatic hydroxyl groups is 1. The minimum absolute atomic E-state index is 0.00335. The van der Waals surface area contributed by atoms with Gasteiger partial charge in [0.25, 0.3) is 5.91 Å². The number of hydrogen-bond donors (Lipinski definition) is 2. The number of carbonyl (C=O) groups is 1. The second kappa shape index (κ2) is 12.7. The zero-order valence-corrected chi connectivity index (χ0v) is 23.1. The number of aryl methyl sites for hydroxylation is 2. The van der Waals surface area contributed by atoms with Crippen LogP contribution in [0.5, 0.6) is 5.75 Å². The van der Waals surface area contributed by atoms with Crippen LogP contribution >= 0.6 is 0 Å². The highest BCUT2D eigenvalue weighted by Crippen LogP contribution is 2.41. The lowest BCUT2D eigenvalue weighted by Gasteiger charge is -2.32. The number of carbonyl (C=O) groups excluding carboxylic acids is 1. The normalized spacial score (nSPS) is 16.2. The Morgan fingerprint density at radius 1 is 1.11 bits per heavy atom. The second-order valence-corrected chi connectivity index (χ2v) is 10.2. The van der Waals surface area contributed by atoms with E-state index in [-0.39, 0.29) is 17.9 Å². The molecule has 1 amide bonds. The molecule has 2 N–H and O–H groups in total. The Labute approximate surface area is 217 Å². The molecule has 3 rings (SSSR count). The van der Waals surface area contributed by atoms with Crippen molar-refractivity contribution in [2.75, 3.05) is 52.9 Å². The molecule has 7 heteroatoms. The van der Waals surface area contributed by atoms with Crippen molar-refractivity contribution < 1.29 is 14.6 Å². The Hall–Kier alpha value is -2.35. The van der Waals surface area contributed by atoms with E-state index < -0.39 is 6.10 Å². The van der Waals surface area contributed by atoms with Crippen LogP contribution in [0, 0.1) is 6.92 Å². The summed E-state index contributed by atoms with van der Waals surface area (Å²) in [6.45, 7) is 17.1. The predicted octanol–water partition coefficient (Wildman–Crippen LogP) is 3.66. The predicted molar refractivity (Wildman–Crippen MR) is 146 cm³/mol. The molecular weight excluding hydrogens is 452 g/mol. The molecule has 0 saturated carbocycles. The van der Waals surface area contributed by atoms with Gasteiger partial charge in [-0.1, -0.05) is 26.0 Å². The molecule has 2 aromatic rings. The van der Waals surface area contributed by atoms with Crippen LogP contribution in [-0.4, -0.2) is 84.4 Å². The standard InChI is InChI=1S/C29H46N4O3/c1-7-29(8-2,24-10-11-27(22(4)18-24)36-21-23(5)34)25-19-26(33(9-3)20-25)28(35)30-12-13-32-16-14-31(6)15-17-32/h10-11,18-20,23,34H,7-9,12-17,21H2,1-6H3,(H,30,35). The van der Waals surface area contributed by atoms with E-state index in [1.165, 1.54) is 11.1 Å². The summed E-state index contributed by atoms with van der Waals surface area (Å²) in [6, 6.07) is 8.44. The summed E-state index contributed by atoms with van der Waals surface area (Å²) in [6.07, 6.45) is 3.51. The quantitative estimate of drug-likeness (QED) is 0.467. The van der Waals surface area contributed by atoms with Crippen molar-refractivity contribution in [3.8, 4) is 5.75 Å². The number of nitrogens with zero attached hydrogens (tertiary/aromatic N) is 3. The fourth-order valence-corrected chi connectivity index (χ4v) is 5.27. The molecule has 1 unspecified atom stereocenters. The molecule has 7 nitrogen and oxygen atoms in total. The maximum absolute atomic E-state index is 13.2. The highest BCUT2D eigenvalue weighted by molar-refractivity contribution is 5.93. The van der Waals surface area contributed by atoms with Crippen LogP contribution in [0.2, 0.25) is 0 Å². The number of aromatic nitrogens is 1. The molecule has 1 aliphatic heterocycles. The number of aliphatic hydroxyl groups excluding tert-OH is 1. The van der Waals surface area contributed by atoms with Crippen molar-refractivity contribution in [1.29, 1.82) is 0 Å². The van der Waals surface area contributed by atoms with Gasteiger partial charge in [-0.3, -0.25) is 9.69 Å². The molecule has 0 aliphatic carbocycles. The van der Waals surface area contributed by atoms with Gasteiger partial charge >= 0.3 is 0 Å². The number of nitrogens with one attached hydrogen (secondary N) is 1. The summed E-state index contributed by atoms with van der Waals surface area (Å²) < 4.78 is 7.86. The molecule has 1 saturated heterocycles. The van der Waals surface area contributed by atoms with Crippen LogP contribution in [0.15, 0.2) is 30.5 Å². The molecule has 1 aromatic heterocycles. The average molecular weight is 499 g/mol. The molecule has 0 spiro atoms. The molecule has 1 atom stereocenters. The van der Waals surface area contributed by atoms with Gasteiger partial charge in [-0.05, 0) is 69.5 Å². The van der Waals surface area contributed by atoms with Gasteiger partial charge in [0.05, 0.1) is 6.10 Å². The number of amides is 1. The van der Waals surface area contributed by atoms with Gasteiger partial charge in [0.1, 0.15) is 18.1 Å². The Morgan fingerprint density at radius 2 is 1.81 bits per heavy atom. The number of likely N-dealkylation sites (N-methyl/N-ethyl adjacent to an activating group) is 1. The summed E-state index contributed by atoms with van der Waals surface area (Å²) in [7, 11) is 2.16. The van der Waals surface area contributed by atoms with E-state index in [1.807, 2.05) is 13.0 Å². The summed E-state index contributed by atoms with van der Waals surface area (Å²) in [4.78, 5) is 18.0. The van der Waals surface area contributed by atoms with E-state index >= 15 is 0 Å². The lowest BCUT2D eigenvalue weighted by Crippen LogP contribution is -2.47. The smallest absolute Gasteiger partial charge is 0.267 e. The first-order valence-electron chi connectivity index (χ1n) is 13.6. The average Bonchev–Trinajstić information content (AvgIpc) is 3.31. The molecule has 200 valence electrons. The third kappa shape index (κ3) is 6.50. The minimum atomic E-state index is -0.505. The highest BCUT2D eigenvalue weighted by Gasteiger charge is 2.33. The van der Waals surface area contributed by atoms with Crippen LogP contribution in [0.1, 0.15) is 67.7 Å². The molecule has 1 fully saturated rings. The van der Waals surface area contributed by atoms with Crippen LogP contribution < -0.4 is 10.1 Å². The summed E-state index contributed by atoms with van der Waals surface area (Å²) in [5, 5.41) is 12.7. The highest BCUT2D eigenvalue weighted by atomic mass is 16.5. The molecule has 1 aromatic carbocycles. The second-order valence-electron chi connectivity index (χ2n) is 10.2. The van der Waals surface area contributed by atoms with Crippen molar-refractivity contribution in [3.05, 3.63) is 52.8 Å². The van der Waals surface area contributed by atoms with Crippen molar-refractivity contribution in [3.63, 3.8) is 0 Å². The van der Waals surface area contributed by atoms with Gasteiger partial charge in [-0.2, -0.15) is 0 Å². The topological polar surface area (TPSA) is 70.0 Å². The zero-order valence-electron chi connectivity index (χ0n) is 23.1. The molecule has 0 radical (unpaired) electrons. The summed E-state index contributed by atoms with van der Waals surface area (Å²) in [5.74, 6) is 0.795. The number of benzene rings is 1. The van der Waals surface area contributed by atoms with Gasteiger partial charge < -0.3 is 24.6 Å². The van der Waals surface area contributed by atoms with E-state index in [4.69, 9.17) is 4.74 Å². The van der Waals surface area contributed by atoms with Crippen molar-refractivity contribution in [2.24, 2.45) is 0 Å². The first-order chi connectivity index (χ1) is 17.2. The lowest BCUT2D eigenvalue weighted by molar-refractivity contribution is 0.0932. The molecule has 0 bridgehead atoms. The van der Waals surface area contributed by atoms with Crippen LogP contribution in [-0.2, 0) is 12.0 Å². The molecule has 2 heterocycles. The van der Waals surface area contributed by atoms with Gasteiger partial charge in [0, 0.05) is 57.4 Å². The van der Waals surface area contributed by atoms with Crippen LogP contribution in [0.3, 0.4) is 0 Å². The maximum atomic E-state index is 13.2. The van der Waals surface area contributed by atoms with Crippen molar-refractivity contribution >= 4 is 5.91 Å². The molecule has 36 heavy (non-hydrogen) atoms. The van der Waals surface area contributed by atoms with Crippen molar-refractivity contribution in [1.82, 2.24) is 19.7 Å². The largest absolute Gasteiger partial charge is 0.491 e. The van der Waals surface area contributed by atoms with Crippen LogP contribution in [0.4, 0.5) is 0 Å². The minimum Gasteiger partial charge on any atom is -0.491 e.